The number of benzene rings is 2. The predicted octanol–water partition coefficient (Wildman–Crippen LogP) is 3.23. The third-order valence-corrected chi connectivity index (χ3v) is 3.13. The first-order valence-electron chi connectivity index (χ1n) is 5.94. The van der Waals surface area contributed by atoms with Crippen LogP contribution in [0.3, 0.4) is 0 Å². The molecule has 20 heavy (non-hydrogen) atoms. The van der Waals surface area contributed by atoms with E-state index < -0.39 is 11.9 Å². The number of hydrogen-bond donors (Lipinski definition) is 1. The van der Waals surface area contributed by atoms with E-state index in [0.717, 1.165) is 3.57 Å². The van der Waals surface area contributed by atoms with Crippen molar-refractivity contribution in [2.45, 2.75) is 6.42 Å². The number of rotatable bonds is 4. The molecule has 0 atom stereocenters. The largest absolute Gasteiger partial charge is 0.426 e. The molecule has 2 rings (SSSR count). The zero-order valence-corrected chi connectivity index (χ0v) is 12.7. The Kier molecular flexibility index (Phi) is 5.11. The summed E-state index contributed by atoms with van der Waals surface area (Å²) in [6.07, 6.45) is -0.319. The highest BCUT2D eigenvalue weighted by molar-refractivity contribution is 14.1. The fourth-order valence-corrected chi connectivity index (χ4v) is 1.89. The Bertz CT molecular complexity index is 596. The molecule has 0 radical (unpaired) electrons. The molecule has 0 unspecified atom stereocenters. The van der Waals surface area contributed by atoms with Gasteiger partial charge in [-0.2, -0.15) is 0 Å². The van der Waals surface area contributed by atoms with Gasteiger partial charge in [-0.05, 0) is 59.0 Å². The third-order valence-electron chi connectivity index (χ3n) is 2.41. The van der Waals surface area contributed by atoms with Crippen molar-refractivity contribution in [3.05, 3.63) is 58.2 Å². The Balaban J connectivity index is 1.85. The van der Waals surface area contributed by atoms with E-state index in [4.69, 9.17) is 4.74 Å². The minimum absolute atomic E-state index is 0.319. The van der Waals surface area contributed by atoms with E-state index in [1.54, 1.807) is 36.4 Å². The first kappa shape index (κ1) is 14.5. The maximum atomic E-state index is 11.7. The summed E-state index contributed by atoms with van der Waals surface area (Å²) in [6, 6.07) is 16.0. The fraction of sp³-hybridized carbons (Fsp3) is 0.0667. The van der Waals surface area contributed by atoms with E-state index in [0.29, 0.717) is 11.4 Å². The molecular formula is C15H12INO3. The number of halogens is 1. The SMILES string of the molecule is O=C(CC(=O)Oc1ccccc1)Nc1ccc(I)cc1. The zero-order valence-electron chi connectivity index (χ0n) is 10.5. The van der Waals surface area contributed by atoms with Gasteiger partial charge in [0, 0.05) is 9.26 Å². The molecule has 1 N–H and O–H groups in total. The number of carbonyl (C=O) groups is 2. The van der Waals surface area contributed by atoms with Crippen molar-refractivity contribution in [2.75, 3.05) is 5.32 Å². The van der Waals surface area contributed by atoms with Crippen LogP contribution in [0.15, 0.2) is 54.6 Å². The van der Waals surface area contributed by atoms with Crippen LogP contribution in [0.2, 0.25) is 0 Å². The van der Waals surface area contributed by atoms with Gasteiger partial charge in [0.2, 0.25) is 5.91 Å². The lowest BCUT2D eigenvalue weighted by atomic mass is 10.3. The second kappa shape index (κ2) is 7.04. The van der Waals surface area contributed by atoms with E-state index in [2.05, 4.69) is 27.9 Å². The van der Waals surface area contributed by atoms with Gasteiger partial charge in [0.25, 0.3) is 0 Å². The van der Waals surface area contributed by atoms with Gasteiger partial charge in [0.1, 0.15) is 12.2 Å². The van der Waals surface area contributed by atoms with Crippen molar-refractivity contribution in [1.82, 2.24) is 0 Å². The van der Waals surface area contributed by atoms with E-state index in [-0.39, 0.29) is 6.42 Å². The van der Waals surface area contributed by atoms with Crippen molar-refractivity contribution in [2.24, 2.45) is 0 Å². The predicted molar refractivity (Wildman–Crippen MR) is 84.5 cm³/mol. The van der Waals surface area contributed by atoms with Crippen LogP contribution in [0, 0.1) is 3.57 Å². The first-order valence-corrected chi connectivity index (χ1v) is 7.02. The molecule has 0 fully saturated rings. The topological polar surface area (TPSA) is 55.4 Å². The summed E-state index contributed by atoms with van der Waals surface area (Å²) in [4.78, 5) is 23.3. The molecule has 1 amide bonds. The lowest BCUT2D eigenvalue weighted by Crippen LogP contribution is -2.19. The van der Waals surface area contributed by atoms with E-state index in [1.807, 2.05) is 18.2 Å². The number of para-hydroxylation sites is 1. The van der Waals surface area contributed by atoms with Crippen molar-refractivity contribution in [3.63, 3.8) is 0 Å². The highest BCUT2D eigenvalue weighted by atomic mass is 127. The molecule has 102 valence electrons. The molecule has 2 aromatic rings. The Labute approximate surface area is 130 Å². The Morgan fingerprint density at radius 2 is 1.65 bits per heavy atom. The fourth-order valence-electron chi connectivity index (χ4n) is 1.53. The van der Waals surface area contributed by atoms with Gasteiger partial charge in [0.05, 0.1) is 0 Å². The summed E-state index contributed by atoms with van der Waals surface area (Å²) < 4.78 is 6.11. The molecule has 0 aliphatic heterocycles. The second-order valence-corrected chi connectivity index (χ2v) is 5.26. The van der Waals surface area contributed by atoms with Crippen LogP contribution in [0.1, 0.15) is 6.42 Å². The van der Waals surface area contributed by atoms with E-state index >= 15 is 0 Å². The molecule has 0 aromatic heterocycles. The number of nitrogens with one attached hydrogen (secondary N) is 1. The van der Waals surface area contributed by atoms with Crippen molar-refractivity contribution in [3.8, 4) is 5.75 Å². The molecular weight excluding hydrogens is 369 g/mol. The average Bonchev–Trinajstić information content (AvgIpc) is 2.42. The Morgan fingerprint density at radius 1 is 1.00 bits per heavy atom. The third kappa shape index (κ3) is 4.65. The van der Waals surface area contributed by atoms with Gasteiger partial charge >= 0.3 is 5.97 Å². The summed E-state index contributed by atoms with van der Waals surface area (Å²) in [5.74, 6) is -0.550. The second-order valence-electron chi connectivity index (χ2n) is 4.02. The lowest BCUT2D eigenvalue weighted by molar-refractivity contribution is -0.137. The number of amides is 1. The summed E-state index contributed by atoms with van der Waals surface area (Å²) in [6.45, 7) is 0. The Morgan fingerprint density at radius 3 is 2.30 bits per heavy atom. The van der Waals surface area contributed by atoms with Gasteiger partial charge in [-0.3, -0.25) is 9.59 Å². The Hall–Kier alpha value is -1.89. The van der Waals surface area contributed by atoms with Gasteiger partial charge in [-0.1, -0.05) is 18.2 Å². The first-order chi connectivity index (χ1) is 9.63. The minimum Gasteiger partial charge on any atom is -0.426 e. The molecule has 0 spiro atoms. The average molecular weight is 381 g/mol. The standard InChI is InChI=1S/C15H12INO3/c16-11-6-8-12(9-7-11)17-14(18)10-15(19)20-13-4-2-1-3-5-13/h1-9H,10H2,(H,17,18). The summed E-state index contributed by atoms with van der Waals surface area (Å²) in [7, 11) is 0. The molecule has 0 saturated heterocycles. The lowest BCUT2D eigenvalue weighted by Gasteiger charge is -2.06. The maximum Gasteiger partial charge on any atom is 0.320 e. The van der Waals surface area contributed by atoms with Gasteiger partial charge < -0.3 is 10.1 Å². The molecule has 5 heteroatoms. The highest BCUT2D eigenvalue weighted by Crippen LogP contribution is 2.12. The van der Waals surface area contributed by atoms with Gasteiger partial charge in [0.15, 0.2) is 0 Å². The van der Waals surface area contributed by atoms with E-state index in [9.17, 15) is 9.59 Å². The van der Waals surface area contributed by atoms with Crippen LogP contribution in [-0.2, 0) is 9.59 Å². The highest BCUT2D eigenvalue weighted by Gasteiger charge is 2.11. The number of ether oxygens (including phenoxy) is 1. The number of anilines is 1. The smallest absolute Gasteiger partial charge is 0.320 e. The number of hydrogen-bond acceptors (Lipinski definition) is 3. The van der Waals surface area contributed by atoms with Crippen LogP contribution < -0.4 is 10.1 Å². The van der Waals surface area contributed by atoms with Gasteiger partial charge in [-0.25, -0.2) is 0 Å². The molecule has 0 bridgehead atoms. The zero-order chi connectivity index (χ0) is 14.4. The van der Waals surface area contributed by atoms with E-state index in [1.165, 1.54) is 0 Å². The van der Waals surface area contributed by atoms with Crippen molar-refractivity contribution >= 4 is 40.2 Å². The minimum atomic E-state index is -0.584. The van der Waals surface area contributed by atoms with Crippen LogP contribution in [0.5, 0.6) is 5.75 Å². The van der Waals surface area contributed by atoms with Crippen molar-refractivity contribution < 1.29 is 14.3 Å². The quantitative estimate of drug-likeness (QED) is 0.383. The summed E-state index contributed by atoms with van der Waals surface area (Å²) in [5, 5.41) is 2.64. The van der Waals surface area contributed by atoms with Crippen LogP contribution in [-0.4, -0.2) is 11.9 Å². The maximum absolute atomic E-state index is 11.7. The number of esters is 1. The molecule has 0 aliphatic rings. The number of carbonyl (C=O) groups excluding carboxylic acids is 2. The summed E-state index contributed by atoms with van der Waals surface area (Å²) >= 11 is 2.18. The van der Waals surface area contributed by atoms with Gasteiger partial charge in [-0.15, -0.1) is 0 Å². The van der Waals surface area contributed by atoms with Crippen LogP contribution in [0.25, 0.3) is 0 Å². The summed E-state index contributed by atoms with van der Waals surface area (Å²) in [5.41, 5.74) is 0.655. The van der Waals surface area contributed by atoms with Crippen LogP contribution in [0.4, 0.5) is 5.69 Å². The van der Waals surface area contributed by atoms with Crippen molar-refractivity contribution in [1.29, 1.82) is 0 Å². The van der Waals surface area contributed by atoms with Crippen LogP contribution >= 0.6 is 22.6 Å². The molecule has 0 aliphatic carbocycles. The molecule has 4 nitrogen and oxygen atoms in total. The normalized spacial score (nSPS) is 9.85. The molecule has 2 aromatic carbocycles. The monoisotopic (exact) mass is 381 g/mol. The molecule has 0 heterocycles. The molecule has 0 saturated carbocycles.